The van der Waals surface area contributed by atoms with Crippen molar-refractivity contribution in [2.24, 2.45) is 5.14 Å². The zero-order chi connectivity index (χ0) is 14.8. The number of amides is 1. The van der Waals surface area contributed by atoms with Crippen molar-refractivity contribution in [2.45, 2.75) is 4.90 Å². The van der Waals surface area contributed by atoms with E-state index < -0.39 is 10.0 Å². The number of primary sulfonamides is 1. The lowest BCUT2D eigenvalue weighted by molar-refractivity contribution is 0.102. The van der Waals surface area contributed by atoms with Crippen molar-refractivity contribution < 1.29 is 13.2 Å². The monoisotopic (exact) mass is 356 g/mol. The third kappa shape index (κ3) is 3.38. The minimum absolute atomic E-state index is 0.0482. The number of benzene rings is 1. The molecule has 0 saturated heterocycles. The maximum absolute atomic E-state index is 11.9. The number of nitrogens with one attached hydrogen (secondary N) is 1. The van der Waals surface area contributed by atoms with Crippen molar-refractivity contribution in [3.8, 4) is 0 Å². The van der Waals surface area contributed by atoms with Crippen LogP contribution in [0.4, 0.5) is 5.69 Å². The molecule has 1 aromatic heterocycles. The Bertz CT molecular complexity index is 750. The number of hydrogen-bond acceptors (Lipinski definition) is 5. The molecule has 2 aromatic rings. The topological polar surface area (TPSA) is 115 Å². The molecule has 0 unspecified atom stereocenters. The summed E-state index contributed by atoms with van der Waals surface area (Å²) in [4.78, 5) is 11.9. The number of anilines is 1. The third-order valence-corrected chi connectivity index (χ3v) is 3.93. The Kier molecular flexibility index (Phi) is 4.12. The average Bonchev–Trinajstić information content (AvgIpc) is 2.41. The highest BCUT2D eigenvalue weighted by atomic mass is 79.9. The van der Waals surface area contributed by atoms with Gasteiger partial charge in [0.1, 0.15) is 0 Å². The maximum Gasteiger partial charge on any atom is 0.257 e. The summed E-state index contributed by atoms with van der Waals surface area (Å²) < 4.78 is 22.8. The molecular formula is C11H9BrN4O3S. The highest BCUT2D eigenvalue weighted by Crippen LogP contribution is 2.25. The van der Waals surface area contributed by atoms with Crippen molar-refractivity contribution in [3.63, 3.8) is 0 Å². The molecule has 20 heavy (non-hydrogen) atoms. The van der Waals surface area contributed by atoms with E-state index in [-0.39, 0.29) is 10.8 Å². The van der Waals surface area contributed by atoms with Crippen LogP contribution in [0.2, 0.25) is 0 Å². The highest BCUT2D eigenvalue weighted by molar-refractivity contribution is 9.10. The van der Waals surface area contributed by atoms with Crippen LogP contribution in [-0.2, 0) is 10.0 Å². The van der Waals surface area contributed by atoms with Crippen molar-refractivity contribution in [1.82, 2.24) is 10.2 Å². The van der Waals surface area contributed by atoms with Gasteiger partial charge in [-0.25, -0.2) is 13.6 Å². The molecule has 104 valence electrons. The molecule has 0 aliphatic carbocycles. The standard InChI is InChI=1S/C11H9BrN4O3S/c12-9-5-8(20(13,18)19)1-2-10(9)16-11(17)7-3-4-14-15-6-7/h1-6H,(H,16,17)(H2,13,18,19). The Balaban J connectivity index is 2.25. The molecule has 7 nitrogen and oxygen atoms in total. The quantitative estimate of drug-likeness (QED) is 0.855. The first-order valence-corrected chi connectivity index (χ1v) is 7.62. The van der Waals surface area contributed by atoms with Crippen LogP contribution in [0.3, 0.4) is 0 Å². The second-order valence-corrected chi connectivity index (χ2v) is 6.19. The summed E-state index contributed by atoms with van der Waals surface area (Å²) in [5.74, 6) is -0.385. The zero-order valence-electron chi connectivity index (χ0n) is 9.95. The minimum Gasteiger partial charge on any atom is -0.321 e. The summed E-state index contributed by atoms with van der Waals surface area (Å²) in [5, 5.41) is 14.8. The summed E-state index contributed by atoms with van der Waals surface area (Å²) in [6.07, 6.45) is 2.72. The van der Waals surface area contributed by atoms with Gasteiger partial charge in [-0.2, -0.15) is 10.2 Å². The molecule has 0 saturated carbocycles. The van der Waals surface area contributed by atoms with E-state index in [1.54, 1.807) is 0 Å². The molecule has 0 spiro atoms. The number of nitrogens with two attached hydrogens (primary N) is 1. The Labute approximate surface area is 123 Å². The summed E-state index contributed by atoms with van der Waals surface area (Å²) >= 11 is 3.18. The third-order valence-electron chi connectivity index (χ3n) is 2.36. The van der Waals surface area contributed by atoms with Crippen molar-refractivity contribution in [3.05, 3.63) is 46.7 Å². The van der Waals surface area contributed by atoms with Crippen molar-refractivity contribution in [1.29, 1.82) is 0 Å². The lowest BCUT2D eigenvalue weighted by Crippen LogP contribution is -2.14. The molecule has 1 heterocycles. The largest absolute Gasteiger partial charge is 0.321 e. The Morgan fingerprint density at radius 1 is 1.25 bits per heavy atom. The number of halogens is 1. The van der Waals surface area contributed by atoms with Gasteiger partial charge in [-0.05, 0) is 40.2 Å². The van der Waals surface area contributed by atoms with Gasteiger partial charge in [0.25, 0.3) is 5.91 Å². The molecule has 9 heteroatoms. The summed E-state index contributed by atoms with van der Waals surface area (Å²) in [6, 6.07) is 5.57. The number of sulfonamides is 1. The van der Waals surface area contributed by atoms with Gasteiger partial charge in [-0.3, -0.25) is 4.79 Å². The number of carbonyl (C=O) groups is 1. The van der Waals surface area contributed by atoms with Gasteiger partial charge in [0.2, 0.25) is 10.0 Å². The van der Waals surface area contributed by atoms with E-state index in [0.29, 0.717) is 15.7 Å². The maximum atomic E-state index is 11.9. The normalized spacial score (nSPS) is 11.1. The fourth-order valence-electron chi connectivity index (χ4n) is 1.39. The molecule has 0 atom stereocenters. The molecule has 2 rings (SSSR count). The van der Waals surface area contributed by atoms with Crippen LogP contribution in [0.1, 0.15) is 10.4 Å². The van der Waals surface area contributed by atoms with Crippen LogP contribution in [0, 0.1) is 0 Å². The summed E-state index contributed by atoms with van der Waals surface area (Å²) in [6.45, 7) is 0. The van der Waals surface area contributed by atoms with E-state index in [2.05, 4.69) is 31.4 Å². The summed E-state index contributed by atoms with van der Waals surface area (Å²) in [5.41, 5.74) is 0.752. The van der Waals surface area contributed by atoms with Crippen LogP contribution in [0.25, 0.3) is 0 Å². The Morgan fingerprint density at radius 3 is 2.55 bits per heavy atom. The number of carbonyl (C=O) groups excluding carboxylic acids is 1. The van der Waals surface area contributed by atoms with E-state index in [1.165, 1.54) is 36.7 Å². The van der Waals surface area contributed by atoms with Gasteiger partial charge in [0.15, 0.2) is 0 Å². The van der Waals surface area contributed by atoms with Gasteiger partial charge < -0.3 is 5.32 Å². The van der Waals surface area contributed by atoms with Gasteiger partial charge in [-0.15, -0.1) is 0 Å². The molecule has 0 radical (unpaired) electrons. The van der Waals surface area contributed by atoms with E-state index in [4.69, 9.17) is 5.14 Å². The van der Waals surface area contributed by atoms with Crippen molar-refractivity contribution >= 4 is 37.5 Å². The number of hydrogen-bond donors (Lipinski definition) is 2. The average molecular weight is 357 g/mol. The molecule has 0 aliphatic heterocycles. The first-order chi connectivity index (χ1) is 9.38. The lowest BCUT2D eigenvalue weighted by Gasteiger charge is -2.08. The Morgan fingerprint density at radius 2 is 2.00 bits per heavy atom. The van der Waals surface area contributed by atoms with Gasteiger partial charge in [0, 0.05) is 4.47 Å². The van der Waals surface area contributed by atoms with E-state index >= 15 is 0 Å². The second kappa shape index (κ2) is 5.65. The van der Waals surface area contributed by atoms with Crippen molar-refractivity contribution in [2.75, 3.05) is 5.32 Å². The van der Waals surface area contributed by atoms with Gasteiger partial charge >= 0.3 is 0 Å². The van der Waals surface area contributed by atoms with Crippen LogP contribution >= 0.6 is 15.9 Å². The van der Waals surface area contributed by atoms with E-state index in [1.807, 2.05) is 0 Å². The molecule has 3 N–H and O–H groups in total. The second-order valence-electron chi connectivity index (χ2n) is 3.77. The molecular weight excluding hydrogens is 348 g/mol. The smallest absolute Gasteiger partial charge is 0.257 e. The van der Waals surface area contributed by atoms with Crippen LogP contribution in [0.5, 0.6) is 0 Å². The zero-order valence-corrected chi connectivity index (χ0v) is 12.3. The molecule has 1 aromatic carbocycles. The van der Waals surface area contributed by atoms with Gasteiger partial charge in [-0.1, -0.05) is 0 Å². The van der Waals surface area contributed by atoms with E-state index in [9.17, 15) is 13.2 Å². The van der Waals surface area contributed by atoms with Crippen LogP contribution in [-0.4, -0.2) is 24.5 Å². The van der Waals surface area contributed by atoms with Crippen LogP contribution < -0.4 is 10.5 Å². The Hall–Kier alpha value is -1.84. The molecule has 0 fully saturated rings. The molecule has 1 amide bonds. The van der Waals surface area contributed by atoms with Gasteiger partial charge in [0.05, 0.1) is 28.5 Å². The fourth-order valence-corrected chi connectivity index (χ4v) is 2.56. The first-order valence-electron chi connectivity index (χ1n) is 5.28. The van der Waals surface area contributed by atoms with E-state index in [0.717, 1.165) is 0 Å². The lowest BCUT2D eigenvalue weighted by atomic mass is 10.2. The molecule has 0 aliphatic rings. The minimum atomic E-state index is -3.78. The highest BCUT2D eigenvalue weighted by Gasteiger charge is 2.12. The predicted octanol–water partition coefficient (Wildman–Crippen LogP) is 1.14. The molecule has 0 bridgehead atoms. The number of rotatable bonds is 3. The number of aromatic nitrogens is 2. The number of nitrogens with zero attached hydrogens (tertiary/aromatic N) is 2. The summed E-state index contributed by atoms with van der Waals surface area (Å²) in [7, 11) is -3.78. The fraction of sp³-hybridized carbons (Fsp3) is 0. The first kappa shape index (κ1) is 14.6. The SMILES string of the molecule is NS(=O)(=O)c1ccc(NC(=O)c2ccnnc2)c(Br)c1. The van der Waals surface area contributed by atoms with Crippen LogP contribution in [0.15, 0.2) is 46.0 Å². The predicted molar refractivity (Wildman–Crippen MR) is 75.5 cm³/mol.